The summed E-state index contributed by atoms with van der Waals surface area (Å²) in [6, 6.07) is 0. The Balaban J connectivity index is 1.80. The fraction of sp³-hybridized carbons (Fsp3) is 0.647. The zero-order valence-corrected chi connectivity index (χ0v) is 14.7. The van der Waals surface area contributed by atoms with E-state index in [1.807, 2.05) is 17.3 Å². The lowest BCUT2D eigenvalue weighted by molar-refractivity contribution is -0.125. The second-order valence-electron chi connectivity index (χ2n) is 6.58. The maximum atomic E-state index is 13.0. The second kappa shape index (κ2) is 7.01. The van der Waals surface area contributed by atoms with Crippen molar-refractivity contribution in [3.63, 3.8) is 0 Å². The number of carbonyl (C=O) groups excluding carboxylic acids is 2. The SMILES string of the molecule is CNC(=O)[C@@H]1CN(C)CCN(C(=O)c2csc3c2CCCC3)C1. The first-order chi connectivity index (χ1) is 11.1. The Morgan fingerprint density at radius 2 is 2.00 bits per heavy atom. The van der Waals surface area contributed by atoms with Crippen molar-refractivity contribution in [3.8, 4) is 0 Å². The van der Waals surface area contributed by atoms with Gasteiger partial charge >= 0.3 is 0 Å². The van der Waals surface area contributed by atoms with Gasteiger partial charge in [0.2, 0.25) is 5.91 Å². The Morgan fingerprint density at radius 3 is 2.78 bits per heavy atom. The Hall–Kier alpha value is -1.40. The summed E-state index contributed by atoms with van der Waals surface area (Å²) in [6.07, 6.45) is 4.53. The Bertz CT molecular complexity index is 599. The molecule has 126 valence electrons. The zero-order valence-electron chi connectivity index (χ0n) is 13.9. The Labute approximate surface area is 141 Å². The molecule has 1 fully saturated rings. The molecule has 1 aliphatic heterocycles. The van der Waals surface area contributed by atoms with E-state index in [9.17, 15) is 9.59 Å². The van der Waals surface area contributed by atoms with Gasteiger partial charge in [-0.05, 0) is 38.3 Å². The van der Waals surface area contributed by atoms with E-state index < -0.39 is 0 Å². The molecule has 3 rings (SSSR count). The molecule has 0 aromatic carbocycles. The molecule has 2 heterocycles. The van der Waals surface area contributed by atoms with E-state index in [4.69, 9.17) is 0 Å². The summed E-state index contributed by atoms with van der Waals surface area (Å²) in [6.45, 7) is 2.71. The van der Waals surface area contributed by atoms with Crippen molar-refractivity contribution in [2.24, 2.45) is 5.92 Å². The Morgan fingerprint density at radius 1 is 1.22 bits per heavy atom. The zero-order chi connectivity index (χ0) is 16.4. The summed E-state index contributed by atoms with van der Waals surface area (Å²) in [4.78, 5) is 30.5. The number of fused-ring (bicyclic) bond motifs is 1. The van der Waals surface area contributed by atoms with Gasteiger partial charge in [0, 0.05) is 43.5 Å². The van der Waals surface area contributed by atoms with Gasteiger partial charge in [0.05, 0.1) is 11.5 Å². The average molecular weight is 335 g/mol. The van der Waals surface area contributed by atoms with Crippen LogP contribution in [-0.4, -0.2) is 61.9 Å². The molecule has 0 saturated carbocycles. The number of carbonyl (C=O) groups is 2. The van der Waals surface area contributed by atoms with E-state index in [0.29, 0.717) is 19.6 Å². The van der Waals surface area contributed by atoms with Gasteiger partial charge in [-0.3, -0.25) is 9.59 Å². The van der Waals surface area contributed by atoms with Crippen LogP contribution in [0.2, 0.25) is 0 Å². The highest BCUT2D eigenvalue weighted by Crippen LogP contribution is 2.31. The van der Waals surface area contributed by atoms with Crippen LogP contribution in [-0.2, 0) is 17.6 Å². The van der Waals surface area contributed by atoms with E-state index in [1.165, 1.54) is 23.3 Å². The fourth-order valence-electron chi connectivity index (χ4n) is 3.57. The molecular weight excluding hydrogens is 310 g/mol. The summed E-state index contributed by atoms with van der Waals surface area (Å²) in [7, 11) is 3.67. The number of aryl methyl sites for hydroxylation is 1. The van der Waals surface area contributed by atoms with E-state index in [2.05, 4.69) is 10.2 Å². The lowest BCUT2D eigenvalue weighted by Gasteiger charge is -2.24. The van der Waals surface area contributed by atoms with E-state index in [-0.39, 0.29) is 17.7 Å². The molecule has 0 spiro atoms. The van der Waals surface area contributed by atoms with Gasteiger partial charge in [-0.2, -0.15) is 0 Å². The number of nitrogens with zero attached hydrogens (tertiary/aromatic N) is 2. The van der Waals surface area contributed by atoms with E-state index in [0.717, 1.165) is 24.9 Å². The molecule has 1 aromatic heterocycles. The van der Waals surface area contributed by atoms with Gasteiger partial charge in [0.1, 0.15) is 0 Å². The first-order valence-electron chi connectivity index (χ1n) is 8.38. The van der Waals surface area contributed by atoms with Crippen LogP contribution >= 0.6 is 11.3 Å². The van der Waals surface area contributed by atoms with Crippen LogP contribution < -0.4 is 5.32 Å². The third kappa shape index (κ3) is 3.43. The smallest absolute Gasteiger partial charge is 0.255 e. The van der Waals surface area contributed by atoms with Crippen LogP contribution in [0.25, 0.3) is 0 Å². The number of amides is 2. The minimum atomic E-state index is -0.161. The van der Waals surface area contributed by atoms with Gasteiger partial charge in [-0.1, -0.05) is 0 Å². The first kappa shape index (κ1) is 16.5. The molecule has 1 aliphatic carbocycles. The van der Waals surface area contributed by atoms with Crippen LogP contribution in [0.3, 0.4) is 0 Å². The van der Waals surface area contributed by atoms with Crippen LogP contribution in [0.4, 0.5) is 0 Å². The number of thiophene rings is 1. The molecule has 1 aromatic rings. The van der Waals surface area contributed by atoms with Crippen LogP contribution in [0.1, 0.15) is 33.6 Å². The summed E-state index contributed by atoms with van der Waals surface area (Å²) in [5, 5.41) is 4.76. The van der Waals surface area contributed by atoms with E-state index >= 15 is 0 Å². The van der Waals surface area contributed by atoms with Crippen molar-refractivity contribution in [1.82, 2.24) is 15.1 Å². The molecule has 1 saturated heterocycles. The van der Waals surface area contributed by atoms with Crippen molar-refractivity contribution in [1.29, 1.82) is 0 Å². The van der Waals surface area contributed by atoms with Gasteiger partial charge in [0.25, 0.3) is 5.91 Å². The molecule has 6 heteroatoms. The first-order valence-corrected chi connectivity index (χ1v) is 9.26. The van der Waals surface area contributed by atoms with Crippen LogP contribution in [0.5, 0.6) is 0 Å². The quantitative estimate of drug-likeness (QED) is 0.888. The maximum absolute atomic E-state index is 13.0. The van der Waals surface area contributed by atoms with Crippen molar-refractivity contribution >= 4 is 23.2 Å². The van der Waals surface area contributed by atoms with Crippen molar-refractivity contribution in [3.05, 3.63) is 21.4 Å². The minimum Gasteiger partial charge on any atom is -0.359 e. The predicted molar refractivity (Wildman–Crippen MR) is 91.9 cm³/mol. The van der Waals surface area contributed by atoms with Crippen LogP contribution in [0, 0.1) is 5.92 Å². The summed E-state index contributed by atoms with van der Waals surface area (Å²) < 4.78 is 0. The third-order valence-electron chi connectivity index (χ3n) is 4.92. The highest BCUT2D eigenvalue weighted by atomic mass is 32.1. The number of hydrogen-bond donors (Lipinski definition) is 1. The van der Waals surface area contributed by atoms with Gasteiger partial charge in [-0.15, -0.1) is 11.3 Å². The van der Waals surface area contributed by atoms with Crippen LogP contribution in [0.15, 0.2) is 5.38 Å². The Kier molecular flexibility index (Phi) is 5.02. The molecule has 0 bridgehead atoms. The largest absolute Gasteiger partial charge is 0.359 e. The number of likely N-dealkylation sites (N-methyl/N-ethyl adjacent to an activating group) is 1. The highest BCUT2D eigenvalue weighted by Gasteiger charge is 2.30. The number of hydrogen-bond acceptors (Lipinski definition) is 4. The highest BCUT2D eigenvalue weighted by molar-refractivity contribution is 7.10. The molecule has 2 aliphatic rings. The minimum absolute atomic E-state index is 0.0175. The molecule has 0 radical (unpaired) electrons. The molecule has 5 nitrogen and oxygen atoms in total. The standard InChI is InChI=1S/C17H25N3O2S/c1-18-16(21)12-9-19(2)7-8-20(10-12)17(22)14-11-23-15-6-4-3-5-13(14)15/h11-12H,3-10H2,1-2H3,(H,18,21)/t12-/m1/s1. The molecule has 0 unspecified atom stereocenters. The average Bonchev–Trinajstić information content (AvgIpc) is 2.90. The van der Waals surface area contributed by atoms with Gasteiger partial charge in [-0.25, -0.2) is 0 Å². The normalized spacial score (nSPS) is 22.3. The molecule has 1 atom stereocenters. The molecule has 1 N–H and O–H groups in total. The summed E-state index contributed by atoms with van der Waals surface area (Å²) >= 11 is 1.72. The fourth-order valence-corrected chi connectivity index (χ4v) is 4.69. The van der Waals surface area contributed by atoms with Gasteiger partial charge < -0.3 is 15.1 Å². The monoisotopic (exact) mass is 335 g/mol. The summed E-state index contributed by atoms with van der Waals surface area (Å²) in [5.41, 5.74) is 2.14. The summed E-state index contributed by atoms with van der Waals surface area (Å²) in [5.74, 6) is -0.0385. The predicted octanol–water partition coefficient (Wildman–Crippen LogP) is 1.38. The molecule has 23 heavy (non-hydrogen) atoms. The van der Waals surface area contributed by atoms with E-state index in [1.54, 1.807) is 18.4 Å². The van der Waals surface area contributed by atoms with Gasteiger partial charge in [0.15, 0.2) is 0 Å². The maximum Gasteiger partial charge on any atom is 0.255 e. The van der Waals surface area contributed by atoms with Crippen molar-refractivity contribution in [2.75, 3.05) is 40.3 Å². The third-order valence-corrected chi connectivity index (χ3v) is 6.01. The lowest BCUT2D eigenvalue weighted by Crippen LogP contribution is -2.41. The molecular formula is C17H25N3O2S. The number of rotatable bonds is 2. The topological polar surface area (TPSA) is 52.7 Å². The lowest BCUT2D eigenvalue weighted by atomic mass is 9.95. The second-order valence-corrected chi connectivity index (χ2v) is 7.55. The number of nitrogens with one attached hydrogen (secondary N) is 1. The van der Waals surface area contributed by atoms with Crippen molar-refractivity contribution < 1.29 is 9.59 Å². The molecule has 2 amide bonds. The van der Waals surface area contributed by atoms with Crippen molar-refractivity contribution in [2.45, 2.75) is 25.7 Å².